The van der Waals surface area contributed by atoms with Crippen molar-refractivity contribution in [3.05, 3.63) is 36.4 Å². The van der Waals surface area contributed by atoms with E-state index in [9.17, 15) is 9.90 Å². The van der Waals surface area contributed by atoms with Crippen LogP contribution in [0.15, 0.2) is 30.9 Å². The number of carbonyl (C=O) groups is 1. The summed E-state index contributed by atoms with van der Waals surface area (Å²) in [5.74, 6) is 0.353. The zero-order valence-corrected chi connectivity index (χ0v) is 14.1. The Morgan fingerprint density at radius 3 is 2.65 bits per heavy atom. The number of carbonyl (C=O) groups excluding carboxylic acids is 1. The van der Waals surface area contributed by atoms with Crippen molar-refractivity contribution in [1.29, 1.82) is 0 Å². The number of phenols is 1. The summed E-state index contributed by atoms with van der Waals surface area (Å²) in [6.45, 7) is 6.46. The van der Waals surface area contributed by atoms with Gasteiger partial charge in [-0.05, 0) is 49.8 Å². The van der Waals surface area contributed by atoms with Gasteiger partial charge in [0.05, 0.1) is 13.2 Å². The normalized spacial score (nSPS) is 10.3. The van der Waals surface area contributed by atoms with Gasteiger partial charge in [0.1, 0.15) is 0 Å². The number of aryl methyl sites for hydroxylation is 1. The molecular weight excluding hydrogens is 292 g/mol. The minimum atomic E-state index is -0.384. The standard InChI is InChI=1S/C19H28O4/c1-3-5-7-10-16-11-12-18(17(20)15-16)22-13-8-6-9-14-23-19(21)4-2/h4,11-12,15,20H,2-3,5-10,13-14H2,1H3. The summed E-state index contributed by atoms with van der Waals surface area (Å²) in [6, 6.07) is 5.64. The highest BCUT2D eigenvalue weighted by molar-refractivity contribution is 5.81. The zero-order chi connectivity index (χ0) is 16.9. The summed E-state index contributed by atoms with van der Waals surface area (Å²) in [5.41, 5.74) is 1.15. The Labute approximate surface area is 139 Å². The SMILES string of the molecule is C=CC(=O)OCCCCCOc1ccc(CCCCC)cc1O. The van der Waals surface area contributed by atoms with Crippen molar-refractivity contribution < 1.29 is 19.4 Å². The largest absolute Gasteiger partial charge is 0.504 e. The van der Waals surface area contributed by atoms with E-state index in [4.69, 9.17) is 9.47 Å². The lowest BCUT2D eigenvalue weighted by molar-refractivity contribution is -0.137. The maximum absolute atomic E-state index is 10.8. The predicted molar refractivity (Wildman–Crippen MR) is 91.8 cm³/mol. The van der Waals surface area contributed by atoms with Crippen LogP contribution in [0.4, 0.5) is 0 Å². The van der Waals surface area contributed by atoms with Crippen LogP contribution in [-0.2, 0) is 16.0 Å². The molecule has 4 heteroatoms. The summed E-state index contributed by atoms with van der Waals surface area (Å²) >= 11 is 0. The van der Waals surface area contributed by atoms with Gasteiger partial charge in [-0.25, -0.2) is 4.79 Å². The molecule has 0 saturated carbocycles. The van der Waals surface area contributed by atoms with Crippen molar-refractivity contribution in [3.63, 3.8) is 0 Å². The molecule has 23 heavy (non-hydrogen) atoms. The lowest BCUT2D eigenvalue weighted by Crippen LogP contribution is -2.03. The lowest BCUT2D eigenvalue weighted by Gasteiger charge is -2.09. The molecule has 0 bridgehead atoms. The fraction of sp³-hybridized carbons (Fsp3) is 0.526. The molecule has 128 valence electrons. The highest BCUT2D eigenvalue weighted by Gasteiger charge is 2.04. The van der Waals surface area contributed by atoms with Crippen molar-refractivity contribution >= 4 is 5.97 Å². The second-order valence-electron chi connectivity index (χ2n) is 5.54. The third kappa shape index (κ3) is 8.29. The quantitative estimate of drug-likeness (QED) is 0.352. The first-order valence-corrected chi connectivity index (χ1v) is 8.41. The van der Waals surface area contributed by atoms with Crippen LogP contribution in [0.25, 0.3) is 0 Å². The fourth-order valence-electron chi connectivity index (χ4n) is 2.21. The van der Waals surface area contributed by atoms with Gasteiger partial charge in [0.25, 0.3) is 0 Å². The van der Waals surface area contributed by atoms with Crippen LogP contribution in [0.5, 0.6) is 11.5 Å². The Morgan fingerprint density at radius 1 is 1.17 bits per heavy atom. The molecule has 0 aliphatic rings. The summed E-state index contributed by atoms with van der Waals surface area (Å²) in [5, 5.41) is 9.98. The number of hydrogen-bond donors (Lipinski definition) is 1. The molecule has 0 aliphatic heterocycles. The Balaban J connectivity index is 2.19. The number of benzene rings is 1. The molecule has 0 heterocycles. The Hall–Kier alpha value is -1.97. The fourth-order valence-corrected chi connectivity index (χ4v) is 2.21. The van der Waals surface area contributed by atoms with E-state index >= 15 is 0 Å². The molecule has 0 spiro atoms. The Morgan fingerprint density at radius 2 is 1.96 bits per heavy atom. The molecule has 1 aromatic carbocycles. The average Bonchev–Trinajstić information content (AvgIpc) is 2.55. The second-order valence-corrected chi connectivity index (χ2v) is 5.54. The van der Waals surface area contributed by atoms with Crippen molar-refractivity contribution in [2.45, 2.75) is 51.9 Å². The highest BCUT2D eigenvalue weighted by atomic mass is 16.5. The number of hydrogen-bond acceptors (Lipinski definition) is 4. The van der Waals surface area contributed by atoms with Crippen LogP contribution < -0.4 is 4.74 Å². The monoisotopic (exact) mass is 320 g/mol. The van der Waals surface area contributed by atoms with Crippen molar-refractivity contribution in [3.8, 4) is 11.5 Å². The third-order valence-corrected chi connectivity index (χ3v) is 3.55. The van der Waals surface area contributed by atoms with Gasteiger partial charge in [-0.3, -0.25) is 0 Å². The van der Waals surface area contributed by atoms with Crippen LogP contribution >= 0.6 is 0 Å². The number of esters is 1. The first-order valence-electron chi connectivity index (χ1n) is 8.41. The molecule has 1 aromatic rings. The molecule has 0 atom stereocenters. The number of rotatable bonds is 12. The van der Waals surface area contributed by atoms with Crippen LogP contribution in [0.3, 0.4) is 0 Å². The van der Waals surface area contributed by atoms with E-state index in [2.05, 4.69) is 13.5 Å². The van der Waals surface area contributed by atoms with Crippen LogP contribution in [0.1, 0.15) is 51.0 Å². The predicted octanol–water partition coefficient (Wildman–Crippen LogP) is 4.40. The van der Waals surface area contributed by atoms with Gasteiger partial charge in [-0.2, -0.15) is 0 Å². The molecule has 0 aliphatic carbocycles. The van der Waals surface area contributed by atoms with Gasteiger partial charge >= 0.3 is 5.97 Å². The smallest absolute Gasteiger partial charge is 0.330 e. The number of ether oxygens (including phenoxy) is 2. The summed E-state index contributed by atoms with van der Waals surface area (Å²) in [4.78, 5) is 10.8. The first kappa shape index (κ1) is 19.1. The lowest BCUT2D eigenvalue weighted by atomic mass is 10.1. The average molecular weight is 320 g/mol. The molecule has 4 nitrogen and oxygen atoms in total. The van der Waals surface area contributed by atoms with Crippen LogP contribution in [-0.4, -0.2) is 24.3 Å². The Bertz CT molecular complexity index is 482. The van der Waals surface area contributed by atoms with E-state index in [-0.39, 0.29) is 11.7 Å². The van der Waals surface area contributed by atoms with Gasteiger partial charge in [0.2, 0.25) is 0 Å². The molecule has 1 rings (SSSR count). The minimum Gasteiger partial charge on any atom is -0.504 e. The molecule has 1 N–H and O–H groups in total. The van der Waals surface area contributed by atoms with Gasteiger partial charge < -0.3 is 14.6 Å². The van der Waals surface area contributed by atoms with Gasteiger partial charge in [0, 0.05) is 6.08 Å². The van der Waals surface area contributed by atoms with E-state index in [0.29, 0.717) is 19.0 Å². The van der Waals surface area contributed by atoms with E-state index in [1.807, 2.05) is 12.1 Å². The van der Waals surface area contributed by atoms with E-state index < -0.39 is 0 Å². The van der Waals surface area contributed by atoms with Crippen molar-refractivity contribution in [2.75, 3.05) is 13.2 Å². The molecule has 0 aromatic heterocycles. The summed E-state index contributed by atoms with van der Waals surface area (Å²) in [7, 11) is 0. The summed E-state index contributed by atoms with van der Waals surface area (Å²) < 4.78 is 10.5. The maximum atomic E-state index is 10.8. The Kier molecular flexibility index (Phi) is 9.60. The van der Waals surface area contributed by atoms with Crippen molar-refractivity contribution in [1.82, 2.24) is 0 Å². The van der Waals surface area contributed by atoms with E-state index in [0.717, 1.165) is 43.7 Å². The van der Waals surface area contributed by atoms with Gasteiger partial charge in [-0.1, -0.05) is 32.4 Å². The summed E-state index contributed by atoms with van der Waals surface area (Å²) in [6.07, 6.45) is 8.26. The van der Waals surface area contributed by atoms with Crippen molar-refractivity contribution in [2.24, 2.45) is 0 Å². The number of aromatic hydroxyl groups is 1. The first-order chi connectivity index (χ1) is 11.2. The van der Waals surface area contributed by atoms with Crippen LogP contribution in [0, 0.1) is 0 Å². The minimum absolute atomic E-state index is 0.207. The van der Waals surface area contributed by atoms with Crippen LogP contribution in [0.2, 0.25) is 0 Å². The third-order valence-electron chi connectivity index (χ3n) is 3.55. The molecule has 0 radical (unpaired) electrons. The molecule has 0 unspecified atom stereocenters. The molecular formula is C19H28O4. The maximum Gasteiger partial charge on any atom is 0.330 e. The molecule has 0 amide bonds. The zero-order valence-electron chi connectivity index (χ0n) is 14.1. The van der Waals surface area contributed by atoms with Gasteiger partial charge in [0.15, 0.2) is 11.5 Å². The second kappa shape index (κ2) is 11.6. The molecule has 0 fully saturated rings. The topological polar surface area (TPSA) is 55.8 Å². The highest BCUT2D eigenvalue weighted by Crippen LogP contribution is 2.27. The number of phenolic OH excluding ortho intramolecular Hbond substituents is 1. The number of unbranched alkanes of at least 4 members (excludes halogenated alkanes) is 4. The van der Waals surface area contributed by atoms with E-state index in [1.165, 1.54) is 12.8 Å². The van der Waals surface area contributed by atoms with E-state index in [1.54, 1.807) is 6.07 Å². The molecule has 0 saturated heterocycles. The van der Waals surface area contributed by atoms with Gasteiger partial charge in [-0.15, -0.1) is 0 Å².